The Morgan fingerprint density at radius 3 is 2.88 bits per heavy atom. The molecule has 3 rings (SSSR count). The van der Waals surface area contributed by atoms with Gasteiger partial charge < -0.3 is 0 Å². The summed E-state index contributed by atoms with van der Waals surface area (Å²) in [6.07, 6.45) is 9.43. The number of carbonyl (C=O) groups excluding carboxylic acids is 2. The van der Waals surface area contributed by atoms with Crippen molar-refractivity contribution in [3.05, 3.63) is 23.3 Å². The van der Waals surface area contributed by atoms with E-state index in [9.17, 15) is 9.59 Å². The number of allylic oxidation sites excluding steroid dienone is 4. The first-order valence-corrected chi connectivity index (χ1v) is 6.21. The zero-order valence-electron chi connectivity index (χ0n) is 9.37. The third-order valence-electron chi connectivity index (χ3n) is 4.08. The average molecular weight is 216 g/mol. The van der Waals surface area contributed by atoms with Crippen LogP contribution >= 0.6 is 0 Å². The molecule has 1 saturated carbocycles. The van der Waals surface area contributed by atoms with Gasteiger partial charge in [0.25, 0.3) is 0 Å². The molecule has 0 spiro atoms. The molecule has 2 unspecified atom stereocenters. The molecule has 0 N–H and O–H groups in total. The van der Waals surface area contributed by atoms with E-state index in [2.05, 4.69) is 12.2 Å². The van der Waals surface area contributed by atoms with Crippen LogP contribution in [0.5, 0.6) is 0 Å². The molecular formula is C14H16O2. The lowest BCUT2D eigenvalue weighted by Gasteiger charge is -2.34. The topological polar surface area (TPSA) is 34.1 Å². The highest BCUT2D eigenvalue weighted by Gasteiger charge is 2.38. The Morgan fingerprint density at radius 1 is 1.12 bits per heavy atom. The Morgan fingerprint density at radius 2 is 2.00 bits per heavy atom. The second kappa shape index (κ2) is 3.69. The standard InChI is InChI=1S/C14H16O2/c15-11-5-6-13-10(8-11)7-9-3-1-2-4-12(9)14(13)16/h3,7,12-13H,1-2,4-6,8H2. The van der Waals surface area contributed by atoms with Crippen molar-refractivity contribution in [2.45, 2.75) is 38.5 Å². The Balaban J connectivity index is 2.00. The number of Topliss-reactive ketones (excluding diaryl/α,β-unsaturated/α-hetero) is 2. The van der Waals surface area contributed by atoms with Gasteiger partial charge in [-0.2, -0.15) is 0 Å². The highest BCUT2D eigenvalue weighted by molar-refractivity contribution is 5.95. The fourth-order valence-electron chi connectivity index (χ4n) is 3.23. The molecule has 16 heavy (non-hydrogen) atoms. The van der Waals surface area contributed by atoms with E-state index in [0.717, 1.165) is 31.3 Å². The first-order chi connectivity index (χ1) is 7.75. The first kappa shape index (κ1) is 10.0. The zero-order chi connectivity index (χ0) is 11.1. The third-order valence-corrected chi connectivity index (χ3v) is 4.08. The number of rotatable bonds is 0. The lowest BCUT2D eigenvalue weighted by Crippen LogP contribution is -2.34. The van der Waals surface area contributed by atoms with Gasteiger partial charge in [0, 0.05) is 24.7 Å². The molecule has 2 heteroatoms. The molecule has 2 atom stereocenters. The van der Waals surface area contributed by atoms with E-state index in [0.29, 0.717) is 24.4 Å². The summed E-state index contributed by atoms with van der Waals surface area (Å²) in [6.45, 7) is 0. The molecule has 0 aromatic rings. The van der Waals surface area contributed by atoms with Gasteiger partial charge >= 0.3 is 0 Å². The Bertz CT molecular complexity index is 414. The van der Waals surface area contributed by atoms with E-state index in [-0.39, 0.29) is 11.8 Å². The van der Waals surface area contributed by atoms with Gasteiger partial charge in [0.1, 0.15) is 11.6 Å². The summed E-state index contributed by atoms with van der Waals surface area (Å²) in [5.74, 6) is 0.898. The molecule has 0 aromatic heterocycles. The maximum absolute atomic E-state index is 12.3. The maximum Gasteiger partial charge on any atom is 0.147 e. The number of fused-ring (bicyclic) bond motifs is 2. The lowest BCUT2D eigenvalue weighted by atomic mass is 9.68. The van der Waals surface area contributed by atoms with Crippen LogP contribution in [0.4, 0.5) is 0 Å². The SMILES string of the molecule is O=C1CCC2C(=O)C3CCCC=C3C=C2C1. The maximum atomic E-state index is 12.3. The van der Waals surface area contributed by atoms with Crippen molar-refractivity contribution in [1.29, 1.82) is 0 Å². The van der Waals surface area contributed by atoms with Gasteiger partial charge in [-0.3, -0.25) is 9.59 Å². The van der Waals surface area contributed by atoms with Crippen LogP contribution in [0, 0.1) is 11.8 Å². The summed E-state index contributed by atoms with van der Waals surface area (Å²) in [5.41, 5.74) is 2.28. The average Bonchev–Trinajstić information content (AvgIpc) is 2.29. The molecule has 0 bridgehead atoms. The van der Waals surface area contributed by atoms with Crippen molar-refractivity contribution < 1.29 is 9.59 Å². The van der Waals surface area contributed by atoms with Crippen LogP contribution in [0.3, 0.4) is 0 Å². The molecule has 1 fully saturated rings. The Hall–Kier alpha value is -1.18. The van der Waals surface area contributed by atoms with E-state index < -0.39 is 0 Å². The van der Waals surface area contributed by atoms with E-state index in [1.54, 1.807) is 0 Å². The van der Waals surface area contributed by atoms with Crippen LogP contribution in [-0.4, -0.2) is 11.6 Å². The van der Waals surface area contributed by atoms with Crippen LogP contribution in [0.25, 0.3) is 0 Å². The summed E-state index contributed by atoms with van der Waals surface area (Å²) >= 11 is 0. The number of hydrogen-bond acceptors (Lipinski definition) is 2. The van der Waals surface area contributed by atoms with Crippen molar-refractivity contribution in [2.75, 3.05) is 0 Å². The molecule has 0 amide bonds. The van der Waals surface area contributed by atoms with Crippen molar-refractivity contribution >= 4 is 11.6 Å². The highest BCUT2D eigenvalue weighted by Crippen LogP contribution is 2.41. The van der Waals surface area contributed by atoms with E-state index >= 15 is 0 Å². The second-order valence-electron chi connectivity index (χ2n) is 5.12. The molecule has 84 valence electrons. The molecule has 0 radical (unpaired) electrons. The fraction of sp³-hybridized carbons (Fsp3) is 0.571. The molecule has 0 heterocycles. The fourth-order valence-corrected chi connectivity index (χ4v) is 3.23. The van der Waals surface area contributed by atoms with Gasteiger partial charge in [-0.15, -0.1) is 0 Å². The quantitative estimate of drug-likeness (QED) is 0.623. The highest BCUT2D eigenvalue weighted by atomic mass is 16.1. The monoisotopic (exact) mass is 216 g/mol. The van der Waals surface area contributed by atoms with Crippen molar-refractivity contribution in [3.8, 4) is 0 Å². The van der Waals surface area contributed by atoms with Gasteiger partial charge in [-0.25, -0.2) is 0 Å². The van der Waals surface area contributed by atoms with Crippen LogP contribution in [-0.2, 0) is 9.59 Å². The zero-order valence-corrected chi connectivity index (χ0v) is 9.37. The Labute approximate surface area is 95.4 Å². The summed E-state index contributed by atoms with van der Waals surface area (Å²) in [6, 6.07) is 0. The van der Waals surface area contributed by atoms with Gasteiger partial charge in [-0.1, -0.05) is 17.7 Å². The lowest BCUT2D eigenvalue weighted by molar-refractivity contribution is -0.127. The predicted octanol–water partition coefficient (Wildman–Crippen LogP) is 2.59. The number of carbonyl (C=O) groups is 2. The van der Waals surface area contributed by atoms with Gasteiger partial charge in [-0.05, 0) is 31.3 Å². The van der Waals surface area contributed by atoms with Crippen LogP contribution in [0.15, 0.2) is 23.3 Å². The summed E-state index contributed by atoms with van der Waals surface area (Å²) in [4.78, 5) is 23.7. The normalized spacial score (nSPS) is 33.8. The van der Waals surface area contributed by atoms with Crippen molar-refractivity contribution in [2.24, 2.45) is 11.8 Å². The molecule has 0 saturated heterocycles. The number of hydrogen-bond donors (Lipinski definition) is 0. The van der Waals surface area contributed by atoms with Crippen LogP contribution in [0.2, 0.25) is 0 Å². The van der Waals surface area contributed by atoms with E-state index in [4.69, 9.17) is 0 Å². The third kappa shape index (κ3) is 1.48. The second-order valence-corrected chi connectivity index (χ2v) is 5.12. The summed E-state index contributed by atoms with van der Waals surface area (Å²) in [5, 5.41) is 0. The van der Waals surface area contributed by atoms with E-state index in [1.165, 1.54) is 5.57 Å². The van der Waals surface area contributed by atoms with Gasteiger partial charge in [0.2, 0.25) is 0 Å². The molecule has 2 nitrogen and oxygen atoms in total. The Kier molecular flexibility index (Phi) is 2.31. The van der Waals surface area contributed by atoms with E-state index in [1.807, 2.05) is 0 Å². The minimum Gasteiger partial charge on any atom is -0.299 e. The summed E-state index contributed by atoms with van der Waals surface area (Å²) < 4.78 is 0. The van der Waals surface area contributed by atoms with Crippen molar-refractivity contribution in [1.82, 2.24) is 0 Å². The molecule has 0 aliphatic heterocycles. The minimum absolute atomic E-state index is 0.0675. The minimum atomic E-state index is 0.0675. The molecule has 3 aliphatic carbocycles. The molecule has 3 aliphatic rings. The summed E-state index contributed by atoms with van der Waals surface area (Å²) in [7, 11) is 0. The predicted molar refractivity (Wildman–Crippen MR) is 60.9 cm³/mol. The van der Waals surface area contributed by atoms with Crippen LogP contribution in [0.1, 0.15) is 38.5 Å². The van der Waals surface area contributed by atoms with Crippen LogP contribution < -0.4 is 0 Å². The molecular weight excluding hydrogens is 200 g/mol. The largest absolute Gasteiger partial charge is 0.299 e. The number of ketones is 2. The van der Waals surface area contributed by atoms with Gasteiger partial charge in [0.15, 0.2) is 0 Å². The van der Waals surface area contributed by atoms with Gasteiger partial charge in [0.05, 0.1) is 0 Å². The first-order valence-electron chi connectivity index (χ1n) is 6.21. The smallest absolute Gasteiger partial charge is 0.147 e. The van der Waals surface area contributed by atoms with Crippen molar-refractivity contribution in [3.63, 3.8) is 0 Å². The molecule has 0 aromatic carbocycles.